The Bertz CT molecular complexity index is 561. The van der Waals surface area contributed by atoms with Gasteiger partial charge in [-0.2, -0.15) is 0 Å². The van der Waals surface area contributed by atoms with Gasteiger partial charge < -0.3 is 10.4 Å². The van der Waals surface area contributed by atoms with Crippen LogP contribution in [0.3, 0.4) is 0 Å². The summed E-state index contributed by atoms with van der Waals surface area (Å²) >= 11 is 0. The van der Waals surface area contributed by atoms with Gasteiger partial charge in [-0.05, 0) is 79.9 Å². The summed E-state index contributed by atoms with van der Waals surface area (Å²) in [5.41, 5.74) is 4.22. The minimum absolute atomic E-state index is 0.380. The molecular formula is C22H35NO. The van der Waals surface area contributed by atoms with Gasteiger partial charge in [0.2, 0.25) is 0 Å². The van der Waals surface area contributed by atoms with Crippen LogP contribution in [0.15, 0.2) is 18.2 Å². The molecule has 2 unspecified atom stereocenters. The van der Waals surface area contributed by atoms with Gasteiger partial charge in [-0.15, -0.1) is 0 Å². The fraction of sp³-hybridized carbons (Fsp3) is 0.727. The second kappa shape index (κ2) is 7.17. The molecule has 1 aromatic carbocycles. The summed E-state index contributed by atoms with van der Waals surface area (Å²) in [5.74, 6) is 0.414. The molecule has 2 aliphatic rings. The molecule has 0 spiro atoms. The highest BCUT2D eigenvalue weighted by molar-refractivity contribution is 5.33. The topological polar surface area (TPSA) is 32.3 Å². The first-order valence-corrected chi connectivity index (χ1v) is 9.90. The molecule has 0 aromatic heterocycles. The molecule has 134 valence electrons. The molecule has 0 bridgehead atoms. The van der Waals surface area contributed by atoms with Gasteiger partial charge in [0.15, 0.2) is 0 Å². The van der Waals surface area contributed by atoms with Crippen molar-refractivity contribution in [3.8, 4) is 0 Å². The molecule has 0 aliphatic heterocycles. The van der Waals surface area contributed by atoms with Gasteiger partial charge in [-0.1, -0.05) is 38.5 Å². The van der Waals surface area contributed by atoms with Gasteiger partial charge in [0.05, 0.1) is 5.60 Å². The van der Waals surface area contributed by atoms with Crippen molar-refractivity contribution >= 4 is 0 Å². The highest BCUT2D eigenvalue weighted by atomic mass is 16.3. The average Bonchev–Trinajstić information content (AvgIpc) is 2.53. The van der Waals surface area contributed by atoms with E-state index in [0.717, 1.165) is 19.4 Å². The van der Waals surface area contributed by atoms with Crippen molar-refractivity contribution in [2.45, 2.75) is 84.3 Å². The number of aliphatic hydroxyl groups is 1. The van der Waals surface area contributed by atoms with Crippen molar-refractivity contribution in [1.82, 2.24) is 5.32 Å². The molecule has 0 amide bonds. The van der Waals surface area contributed by atoms with Crippen LogP contribution in [-0.4, -0.2) is 17.3 Å². The molecule has 2 atom stereocenters. The second-order valence-electron chi connectivity index (χ2n) is 9.23. The Morgan fingerprint density at radius 1 is 1.17 bits per heavy atom. The minimum atomic E-state index is -0.605. The van der Waals surface area contributed by atoms with Crippen LogP contribution in [0, 0.1) is 11.3 Å². The molecule has 2 nitrogen and oxygen atoms in total. The van der Waals surface area contributed by atoms with E-state index in [1.54, 1.807) is 11.1 Å². The van der Waals surface area contributed by atoms with Gasteiger partial charge in [-0.25, -0.2) is 0 Å². The molecule has 1 fully saturated rings. The Morgan fingerprint density at radius 2 is 1.92 bits per heavy atom. The third-order valence-electron chi connectivity index (χ3n) is 6.31. The molecule has 1 saturated carbocycles. The van der Waals surface area contributed by atoms with E-state index >= 15 is 0 Å². The zero-order valence-electron chi connectivity index (χ0n) is 15.8. The van der Waals surface area contributed by atoms with Crippen molar-refractivity contribution in [2.75, 3.05) is 6.54 Å². The summed E-state index contributed by atoms with van der Waals surface area (Å²) in [5, 5.41) is 14.5. The van der Waals surface area contributed by atoms with Crippen molar-refractivity contribution in [2.24, 2.45) is 11.3 Å². The Labute approximate surface area is 148 Å². The number of fused-ring (bicyclic) bond motifs is 1. The molecule has 0 radical (unpaired) electrons. The van der Waals surface area contributed by atoms with Crippen LogP contribution in [-0.2, 0) is 19.4 Å². The third-order valence-corrected chi connectivity index (χ3v) is 6.31. The first-order valence-electron chi connectivity index (χ1n) is 9.90. The Morgan fingerprint density at radius 3 is 2.67 bits per heavy atom. The van der Waals surface area contributed by atoms with Gasteiger partial charge in [-0.3, -0.25) is 0 Å². The monoisotopic (exact) mass is 329 g/mol. The lowest BCUT2D eigenvalue weighted by atomic mass is 9.67. The van der Waals surface area contributed by atoms with E-state index in [9.17, 15) is 5.11 Å². The van der Waals surface area contributed by atoms with Crippen LogP contribution in [0.2, 0.25) is 0 Å². The van der Waals surface area contributed by atoms with E-state index in [-0.39, 0.29) is 0 Å². The number of aryl methyl sites for hydroxylation is 2. The fourth-order valence-corrected chi connectivity index (χ4v) is 4.73. The average molecular weight is 330 g/mol. The zero-order valence-corrected chi connectivity index (χ0v) is 15.8. The molecule has 2 N–H and O–H groups in total. The predicted octanol–water partition coefficient (Wildman–Crippen LogP) is 4.62. The molecule has 2 aliphatic carbocycles. The fourth-order valence-electron chi connectivity index (χ4n) is 4.73. The zero-order chi connectivity index (χ0) is 17.2. The maximum Gasteiger partial charge on any atom is 0.0771 e. The first kappa shape index (κ1) is 17.9. The van der Waals surface area contributed by atoms with Crippen LogP contribution in [0.25, 0.3) is 0 Å². The summed E-state index contributed by atoms with van der Waals surface area (Å²) in [6, 6.07) is 6.95. The smallest absolute Gasteiger partial charge is 0.0771 e. The van der Waals surface area contributed by atoms with Crippen LogP contribution in [0.1, 0.15) is 76.0 Å². The second-order valence-corrected chi connectivity index (χ2v) is 9.23. The van der Waals surface area contributed by atoms with Crippen LogP contribution < -0.4 is 5.32 Å². The quantitative estimate of drug-likeness (QED) is 0.826. The van der Waals surface area contributed by atoms with Crippen molar-refractivity contribution in [1.29, 1.82) is 0 Å². The summed E-state index contributed by atoms with van der Waals surface area (Å²) in [6.45, 7) is 8.26. The lowest BCUT2D eigenvalue weighted by Crippen LogP contribution is -2.46. The molecule has 0 heterocycles. The van der Waals surface area contributed by atoms with Gasteiger partial charge in [0.1, 0.15) is 0 Å². The largest absolute Gasteiger partial charge is 0.389 e. The van der Waals surface area contributed by atoms with Gasteiger partial charge >= 0.3 is 0 Å². The summed E-state index contributed by atoms with van der Waals surface area (Å²) in [7, 11) is 0. The van der Waals surface area contributed by atoms with Crippen molar-refractivity contribution in [3.05, 3.63) is 34.9 Å². The van der Waals surface area contributed by atoms with E-state index < -0.39 is 5.60 Å². The molecule has 24 heavy (non-hydrogen) atoms. The molecular weight excluding hydrogens is 294 g/mol. The Hall–Kier alpha value is -0.860. The van der Waals surface area contributed by atoms with Crippen molar-refractivity contribution < 1.29 is 5.11 Å². The number of hydrogen-bond donors (Lipinski definition) is 2. The highest BCUT2D eigenvalue weighted by Crippen LogP contribution is 2.42. The van der Waals surface area contributed by atoms with Crippen LogP contribution in [0.4, 0.5) is 0 Å². The van der Waals surface area contributed by atoms with E-state index in [4.69, 9.17) is 0 Å². The van der Waals surface area contributed by atoms with E-state index in [1.165, 1.54) is 44.1 Å². The molecule has 1 aromatic rings. The maximum absolute atomic E-state index is 11.0. The molecule has 3 rings (SSSR count). The third kappa shape index (κ3) is 4.40. The standard InChI is InChI=1S/C22H35NO/c1-21(2)12-6-9-20(14-21)22(3,24)16-23-15-17-10-11-18-7-4-5-8-19(18)13-17/h10-11,13,20,23-24H,4-9,12,14-16H2,1-3H3. The van der Waals surface area contributed by atoms with Crippen LogP contribution >= 0.6 is 0 Å². The predicted molar refractivity (Wildman–Crippen MR) is 101 cm³/mol. The lowest BCUT2D eigenvalue weighted by Gasteiger charge is -2.42. The summed E-state index contributed by atoms with van der Waals surface area (Å²) in [4.78, 5) is 0. The maximum atomic E-state index is 11.0. The number of rotatable bonds is 5. The number of benzene rings is 1. The Balaban J connectivity index is 1.53. The summed E-state index contributed by atoms with van der Waals surface area (Å²) in [6.07, 6.45) is 9.99. The number of hydrogen-bond acceptors (Lipinski definition) is 2. The van der Waals surface area contributed by atoms with Gasteiger partial charge in [0.25, 0.3) is 0 Å². The highest BCUT2D eigenvalue weighted by Gasteiger charge is 2.38. The minimum Gasteiger partial charge on any atom is -0.389 e. The normalized spacial score (nSPS) is 25.8. The van der Waals surface area contributed by atoms with Crippen molar-refractivity contribution in [3.63, 3.8) is 0 Å². The molecule has 2 heteroatoms. The molecule has 0 saturated heterocycles. The van der Waals surface area contributed by atoms with E-state index in [1.807, 2.05) is 6.92 Å². The van der Waals surface area contributed by atoms with E-state index in [2.05, 4.69) is 37.4 Å². The first-order chi connectivity index (χ1) is 11.4. The lowest BCUT2D eigenvalue weighted by molar-refractivity contribution is -0.0366. The Kier molecular flexibility index (Phi) is 5.36. The van der Waals surface area contributed by atoms with Crippen LogP contribution in [0.5, 0.6) is 0 Å². The summed E-state index contributed by atoms with van der Waals surface area (Å²) < 4.78 is 0. The SMILES string of the molecule is CC1(C)CCCC(C(C)(O)CNCc2ccc3c(c2)CCCC3)C1. The van der Waals surface area contributed by atoms with Gasteiger partial charge in [0, 0.05) is 13.1 Å². The van der Waals surface area contributed by atoms with E-state index in [0.29, 0.717) is 17.9 Å². The number of nitrogens with one attached hydrogen (secondary N) is 1.